The van der Waals surface area contributed by atoms with E-state index >= 15 is 0 Å². The van der Waals surface area contributed by atoms with Gasteiger partial charge in [-0.3, -0.25) is 14.9 Å². The van der Waals surface area contributed by atoms with Crippen molar-refractivity contribution in [3.8, 4) is 0 Å². The van der Waals surface area contributed by atoms with Gasteiger partial charge in [0.15, 0.2) is 0 Å². The smallest absolute Gasteiger partial charge is 0.230 e. The largest absolute Gasteiger partial charge is 0.296 e. The highest BCUT2D eigenvalue weighted by Gasteiger charge is 2.46. The van der Waals surface area contributed by atoms with Gasteiger partial charge in [-0.05, 0) is 24.7 Å². The fraction of sp³-hybridized carbons (Fsp3) is 0.857. The third kappa shape index (κ3) is 2.53. The van der Waals surface area contributed by atoms with Gasteiger partial charge in [0.2, 0.25) is 11.8 Å². The summed E-state index contributed by atoms with van der Waals surface area (Å²) in [6, 6.07) is 0. The summed E-state index contributed by atoms with van der Waals surface area (Å²) in [7, 11) is 0. The van der Waals surface area contributed by atoms with E-state index in [1.54, 1.807) is 0 Å². The highest BCUT2D eigenvalue weighted by Crippen LogP contribution is 2.46. The predicted molar refractivity (Wildman–Crippen MR) is 66.3 cm³/mol. The Morgan fingerprint density at radius 2 is 1.71 bits per heavy atom. The Labute approximate surface area is 103 Å². The van der Waals surface area contributed by atoms with Gasteiger partial charge in [0, 0.05) is 12.3 Å². The van der Waals surface area contributed by atoms with Gasteiger partial charge < -0.3 is 0 Å². The van der Waals surface area contributed by atoms with Crippen molar-refractivity contribution in [2.45, 2.75) is 64.7 Å². The molecule has 2 amide bonds. The molecule has 1 saturated heterocycles. The molecular weight excluding hydrogens is 214 g/mol. The third-order valence-electron chi connectivity index (χ3n) is 4.59. The second-order valence-electron chi connectivity index (χ2n) is 5.68. The summed E-state index contributed by atoms with van der Waals surface area (Å²) in [5, 5.41) is 2.51. The molecule has 3 heteroatoms. The Morgan fingerprint density at radius 3 is 2.29 bits per heavy atom. The first-order valence-electron chi connectivity index (χ1n) is 7.02. The lowest BCUT2D eigenvalue weighted by Gasteiger charge is -2.43. The monoisotopic (exact) mass is 237 g/mol. The van der Waals surface area contributed by atoms with Crippen LogP contribution in [-0.2, 0) is 9.59 Å². The van der Waals surface area contributed by atoms with Crippen molar-refractivity contribution in [2.24, 2.45) is 11.3 Å². The predicted octanol–water partition coefficient (Wildman–Crippen LogP) is 2.79. The number of amides is 2. The minimum absolute atomic E-state index is 0.0193. The number of carbonyl (C=O) groups is 2. The number of carbonyl (C=O) groups excluding carboxylic acids is 2. The van der Waals surface area contributed by atoms with Gasteiger partial charge in [0.25, 0.3) is 0 Å². The summed E-state index contributed by atoms with van der Waals surface area (Å²) in [6.45, 7) is 2.07. The molecule has 0 bridgehead atoms. The number of imide groups is 1. The highest BCUT2D eigenvalue weighted by molar-refractivity contribution is 5.99. The molecule has 0 aromatic rings. The Bertz CT molecular complexity index is 303. The number of hydrogen-bond acceptors (Lipinski definition) is 2. The van der Waals surface area contributed by atoms with Crippen LogP contribution in [0.4, 0.5) is 0 Å². The third-order valence-corrected chi connectivity index (χ3v) is 4.59. The summed E-state index contributed by atoms with van der Waals surface area (Å²) < 4.78 is 0. The van der Waals surface area contributed by atoms with E-state index in [4.69, 9.17) is 0 Å². The molecule has 0 aromatic heterocycles. The first kappa shape index (κ1) is 12.6. The molecule has 1 aliphatic carbocycles. The molecular formula is C14H23NO2. The first-order valence-corrected chi connectivity index (χ1v) is 7.02. The van der Waals surface area contributed by atoms with E-state index in [-0.39, 0.29) is 23.1 Å². The van der Waals surface area contributed by atoms with E-state index in [9.17, 15) is 9.59 Å². The maximum absolute atomic E-state index is 12.0. The maximum Gasteiger partial charge on any atom is 0.230 e. The van der Waals surface area contributed by atoms with Gasteiger partial charge in [-0.1, -0.05) is 39.0 Å². The lowest BCUT2D eigenvalue weighted by atomic mass is 9.62. The second-order valence-corrected chi connectivity index (χ2v) is 5.68. The molecule has 1 saturated carbocycles. The van der Waals surface area contributed by atoms with E-state index in [0.29, 0.717) is 6.42 Å². The molecule has 2 aliphatic rings. The summed E-state index contributed by atoms with van der Waals surface area (Å²) in [4.78, 5) is 23.7. The van der Waals surface area contributed by atoms with Gasteiger partial charge in [-0.25, -0.2) is 0 Å². The Morgan fingerprint density at radius 1 is 1.12 bits per heavy atom. The van der Waals surface area contributed by atoms with Crippen molar-refractivity contribution in [3.05, 3.63) is 0 Å². The highest BCUT2D eigenvalue weighted by atomic mass is 16.2. The van der Waals surface area contributed by atoms with E-state index in [2.05, 4.69) is 12.2 Å². The van der Waals surface area contributed by atoms with Crippen molar-refractivity contribution in [1.82, 2.24) is 5.32 Å². The molecule has 1 aliphatic heterocycles. The molecule has 0 aromatic carbocycles. The zero-order valence-corrected chi connectivity index (χ0v) is 10.8. The number of hydrogen-bond donors (Lipinski definition) is 1. The van der Waals surface area contributed by atoms with Crippen LogP contribution in [0.25, 0.3) is 0 Å². The van der Waals surface area contributed by atoms with Crippen molar-refractivity contribution in [1.29, 1.82) is 0 Å². The number of nitrogens with one attached hydrogen (secondary N) is 1. The lowest BCUT2D eigenvalue weighted by molar-refractivity contribution is -0.145. The Balaban J connectivity index is 2.21. The SMILES string of the molecule is CCC1C(=O)NC(=O)CC12CCCCCCC2. The Hall–Kier alpha value is -0.860. The van der Waals surface area contributed by atoms with Crippen LogP contribution in [0.2, 0.25) is 0 Å². The van der Waals surface area contributed by atoms with Crippen LogP contribution in [0.1, 0.15) is 64.7 Å². The number of piperidine rings is 1. The molecule has 3 nitrogen and oxygen atoms in total. The molecule has 1 unspecified atom stereocenters. The fourth-order valence-corrected chi connectivity index (χ4v) is 3.74. The van der Waals surface area contributed by atoms with Gasteiger partial charge in [0.1, 0.15) is 0 Å². The normalized spacial score (nSPS) is 29.6. The molecule has 1 spiro atoms. The zero-order chi connectivity index (χ0) is 12.3. The molecule has 1 atom stereocenters. The minimum Gasteiger partial charge on any atom is -0.296 e. The molecule has 1 N–H and O–H groups in total. The minimum atomic E-state index is -0.0553. The van der Waals surface area contributed by atoms with Gasteiger partial charge in [-0.15, -0.1) is 0 Å². The standard InChI is InChI=1S/C14H23NO2/c1-2-11-13(17)15-12(16)10-14(11)8-6-4-3-5-7-9-14/h11H,2-10H2,1H3,(H,15,16,17). The van der Waals surface area contributed by atoms with Crippen molar-refractivity contribution in [2.75, 3.05) is 0 Å². The Kier molecular flexibility index (Phi) is 3.85. The quantitative estimate of drug-likeness (QED) is 0.713. The lowest BCUT2D eigenvalue weighted by Crippen LogP contribution is -2.52. The van der Waals surface area contributed by atoms with Crippen molar-refractivity contribution < 1.29 is 9.59 Å². The zero-order valence-electron chi connectivity index (χ0n) is 10.8. The molecule has 96 valence electrons. The van der Waals surface area contributed by atoms with Crippen LogP contribution in [0.3, 0.4) is 0 Å². The van der Waals surface area contributed by atoms with Crippen LogP contribution in [0.5, 0.6) is 0 Å². The summed E-state index contributed by atoms with van der Waals surface area (Å²) in [5.74, 6) is -0.0251. The maximum atomic E-state index is 12.0. The van der Waals surface area contributed by atoms with Crippen molar-refractivity contribution >= 4 is 11.8 Å². The van der Waals surface area contributed by atoms with Gasteiger partial charge in [0.05, 0.1) is 0 Å². The van der Waals surface area contributed by atoms with Crippen LogP contribution in [0.15, 0.2) is 0 Å². The molecule has 1 heterocycles. The van der Waals surface area contributed by atoms with Crippen LogP contribution in [-0.4, -0.2) is 11.8 Å². The van der Waals surface area contributed by atoms with Crippen LogP contribution >= 0.6 is 0 Å². The molecule has 2 rings (SSSR count). The van der Waals surface area contributed by atoms with Crippen molar-refractivity contribution in [3.63, 3.8) is 0 Å². The van der Waals surface area contributed by atoms with Crippen LogP contribution < -0.4 is 5.32 Å². The molecule has 0 radical (unpaired) electrons. The molecule has 17 heavy (non-hydrogen) atoms. The fourth-order valence-electron chi connectivity index (χ4n) is 3.74. The summed E-state index contributed by atoms with van der Waals surface area (Å²) in [6.07, 6.45) is 9.73. The average molecular weight is 237 g/mol. The number of rotatable bonds is 1. The second kappa shape index (κ2) is 5.19. The van der Waals surface area contributed by atoms with Crippen LogP contribution in [0, 0.1) is 11.3 Å². The van der Waals surface area contributed by atoms with E-state index in [1.165, 1.54) is 32.1 Å². The van der Waals surface area contributed by atoms with E-state index < -0.39 is 0 Å². The summed E-state index contributed by atoms with van der Waals surface area (Å²) >= 11 is 0. The molecule has 2 fully saturated rings. The first-order chi connectivity index (χ1) is 8.18. The van der Waals surface area contributed by atoms with E-state index in [1.807, 2.05) is 0 Å². The summed E-state index contributed by atoms with van der Waals surface area (Å²) in [5.41, 5.74) is -0.0193. The average Bonchev–Trinajstić information content (AvgIpc) is 2.23. The van der Waals surface area contributed by atoms with Gasteiger partial charge in [-0.2, -0.15) is 0 Å². The van der Waals surface area contributed by atoms with E-state index in [0.717, 1.165) is 19.3 Å². The topological polar surface area (TPSA) is 46.2 Å². The van der Waals surface area contributed by atoms with Gasteiger partial charge >= 0.3 is 0 Å².